The van der Waals surface area contributed by atoms with Gasteiger partial charge in [0.15, 0.2) is 0 Å². The van der Waals surface area contributed by atoms with Crippen LogP contribution in [0.25, 0.3) is 0 Å². The van der Waals surface area contributed by atoms with Crippen LogP contribution in [0.1, 0.15) is 17.5 Å². The summed E-state index contributed by atoms with van der Waals surface area (Å²) in [6.45, 7) is 6.85. The van der Waals surface area contributed by atoms with Gasteiger partial charge in [-0.15, -0.1) is 0 Å². The number of benzene rings is 2. The Balaban J connectivity index is 1.29. The second kappa shape index (κ2) is 10.7. The average molecular weight is 413 g/mol. The maximum absolute atomic E-state index is 13.9. The van der Waals surface area contributed by atoms with Gasteiger partial charge in [-0.3, -0.25) is 14.5 Å². The Morgan fingerprint density at radius 1 is 0.933 bits per heavy atom. The molecule has 0 atom stereocenters. The Labute approximate surface area is 177 Å². The third kappa shape index (κ3) is 6.29. The molecule has 0 aromatic heterocycles. The van der Waals surface area contributed by atoms with E-state index in [2.05, 4.69) is 20.4 Å². The summed E-state index contributed by atoms with van der Waals surface area (Å²) in [4.78, 5) is 28.2. The normalized spacial score (nSPS) is 14.4. The Kier molecular flexibility index (Phi) is 7.79. The van der Waals surface area contributed by atoms with Crippen molar-refractivity contribution in [3.63, 3.8) is 0 Å². The van der Waals surface area contributed by atoms with Gasteiger partial charge in [0.25, 0.3) is 0 Å². The number of anilines is 1. The smallest absolute Gasteiger partial charge is 0.309 e. The van der Waals surface area contributed by atoms with Crippen molar-refractivity contribution >= 4 is 17.5 Å². The topological polar surface area (TPSA) is 64.7 Å². The third-order valence-corrected chi connectivity index (χ3v) is 5.28. The molecule has 1 fully saturated rings. The number of rotatable bonds is 7. The molecule has 0 aliphatic carbocycles. The van der Waals surface area contributed by atoms with Gasteiger partial charge >= 0.3 is 11.8 Å². The number of amides is 2. The molecule has 1 aliphatic rings. The number of aryl methyl sites for hydroxylation is 1. The molecule has 2 amide bonds. The van der Waals surface area contributed by atoms with Gasteiger partial charge in [-0.1, -0.05) is 42.0 Å². The lowest BCUT2D eigenvalue weighted by Gasteiger charge is -2.36. The minimum atomic E-state index is -0.617. The first kappa shape index (κ1) is 21.8. The molecule has 2 N–H and O–H groups in total. The zero-order chi connectivity index (χ0) is 21.3. The van der Waals surface area contributed by atoms with Gasteiger partial charge in [-0.2, -0.15) is 0 Å². The molecule has 1 heterocycles. The van der Waals surface area contributed by atoms with Gasteiger partial charge < -0.3 is 15.5 Å². The van der Waals surface area contributed by atoms with Gasteiger partial charge in [0.05, 0.1) is 5.69 Å². The van der Waals surface area contributed by atoms with Crippen LogP contribution in [0.4, 0.5) is 10.1 Å². The number of para-hydroxylation sites is 1. The zero-order valence-corrected chi connectivity index (χ0v) is 17.4. The summed E-state index contributed by atoms with van der Waals surface area (Å²) >= 11 is 0. The molecule has 0 bridgehead atoms. The highest BCUT2D eigenvalue weighted by Crippen LogP contribution is 2.20. The van der Waals surface area contributed by atoms with Crippen LogP contribution in [0.3, 0.4) is 0 Å². The van der Waals surface area contributed by atoms with Crippen LogP contribution in [0.15, 0.2) is 48.5 Å². The number of halogens is 1. The summed E-state index contributed by atoms with van der Waals surface area (Å²) in [7, 11) is 0. The monoisotopic (exact) mass is 412 g/mol. The molecule has 6 nitrogen and oxygen atoms in total. The van der Waals surface area contributed by atoms with Crippen LogP contribution in [0.5, 0.6) is 0 Å². The highest BCUT2D eigenvalue weighted by Gasteiger charge is 2.19. The van der Waals surface area contributed by atoms with Gasteiger partial charge in [0, 0.05) is 39.3 Å². The van der Waals surface area contributed by atoms with E-state index < -0.39 is 11.8 Å². The summed E-state index contributed by atoms with van der Waals surface area (Å²) in [6.07, 6.45) is 0.761. The molecule has 0 unspecified atom stereocenters. The Bertz CT molecular complexity index is 849. The molecule has 30 heavy (non-hydrogen) atoms. The third-order valence-electron chi connectivity index (χ3n) is 5.28. The van der Waals surface area contributed by atoms with E-state index in [1.54, 1.807) is 6.07 Å². The van der Waals surface area contributed by atoms with Crippen molar-refractivity contribution in [3.05, 3.63) is 65.5 Å². The van der Waals surface area contributed by atoms with E-state index in [0.717, 1.165) is 50.3 Å². The number of nitrogens with one attached hydrogen (secondary N) is 2. The zero-order valence-electron chi connectivity index (χ0n) is 17.4. The summed E-state index contributed by atoms with van der Waals surface area (Å²) in [5, 5.41) is 5.31. The van der Waals surface area contributed by atoms with E-state index in [0.29, 0.717) is 18.8 Å². The number of piperazine rings is 1. The molecule has 0 radical (unpaired) electrons. The molecule has 160 valence electrons. The average Bonchev–Trinajstić information content (AvgIpc) is 2.77. The van der Waals surface area contributed by atoms with E-state index in [1.807, 2.05) is 43.3 Å². The van der Waals surface area contributed by atoms with E-state index in [9.17, 15) is 14.0 Å². The molecule has 2 aromatic carbocycles. The van der Waals surface area contributed by atoms with Crippen LogP contribution >= 0.6 is 0 Å². The van der Waals surface area contributed by atoms with Crippen LogP contribution in [0.2, 0.25) is 0 Å². The standard InChI is InChI=1S/C23H29FN4O2/c1-18-7-9-19(10-8-18)17-26-23(30)22(29)25-11-4-12-27-13-15-28(16-14-27)21-6-3-2-5-20(21)24/h2-3,5-10H,4,11-17H2,1H3,(H,25,29)(H,26,30). The quantitative estimate of drug-likeness (QED) is 0.540. The van der Waals surface area contributed by atoms with Crippen molar-refractivity contribution in [2.24, 2.45) is 0 Å². The van der Waals surface area contributed by atoms with Crippen molar-refractivity contribution in [3.8, 4) is 0 Å². The van der Waals surface area contributed by atoms with Crippen molar-refractivity contribution in [1.29, 1.82) is 0 Å². The van der Waals surface area contributed by atoms with Crippen molar-refractivity contribution < 1.29 is 14.0 Å². The first-order valence-electron chi connectivity index (χ1n) is 10.4. The molecule has 7 heteroatoms. The lowest BCUT2D eigenvalue weighted by molar-refractivity contribution is -0.139. The molecule has 1 saturated heterocycles. The minimum absolute atomic E-state index is 0.186. The maximum atomic E-state index is 13.9. The Hall–Kier alpha value is -2.93. The van der Waals surface area contributed by atoms with E-state index in [4.69, 9.17) is 0 Å². The molecule has 0 saturated carbocycles. The fourth-order valence-corrected chi connectivity index (χ4v) is 3.47. The minimum Gasteiger partial charge on any atom is -0.367 e. The number of carbonyl (C=O) groups is 2. The molecular weight excluding hydrogens is 383 g/mol. The van der Waals surface area contributed by atoms with Crippen molar-refractivity contribution in [2.75, 3.05) is 44.2 Å². The Morgan fingerprint density at radius 2 is 1.60 bits per heavy atom. The van der Waals surface area contributed by atoms with Crippen LogP contribution < -0.4 is 15.5 Å². The molecule has 3 rings (SSSR count). The van der Waals surface area contributed by atoms with Crippen LogP contribution in [-0.2, 0) is 16.1 Å². The summed E-state index contributed by atoms with van der Waals surface area (Å²) in [5.74, 6) is -1.41. The van der Waals surface area contributed by atoms with Crippen molar-refractivity contribution in [2.45, 2.75) is 19.9 Å². The van der Waals surface area contributed by atoms with Gasteiger partial charge in [0.1, 0.15) is 5.82 Å². The second-order valence-corrected chi connectivity index (χ2v) is 7.56. The lowest BCUT2D eigenvalue weighted by atomic mass is 10.1. The number of carbonyl (C=O) groups excluding carboxylic acids is 2. The molecule has 0 spiro atoms. The summed E-state index contributed by atoms with van der Waals surface area (Å²) in [5.41, 5.74) is 2.76. The maximum Gasteiger partial charge on any atom is 0.309 e. The first-order chi connectivity index (χ1) is 14.5. The van der Waals surface area contributed by atoms with E-state index in [-0.39, 0.29) is 5.82 Å². The summed E-state index contributed by atoms with van der Waals surface area (Å²) in [6, 6.07) is 14.6. The second-order valence-electron chi connectivity index (χ2n) is 7.56. The predicted molar refractivity (Wildman–Crippen MR) is 116 cm³/mol. The van der Waals surface area contributed by atoms with E-state index in [1.165, 1.54) is 6.07 Å². The van der Waals surface area contributed by atoms with Gasteiger partial charge in [-0.05, 0) is 37.6 Å². The number of nitrogens with zero attached hydrogens (tertiary/aromatic N) is 2. The molecular formula is C23H29FN4O2. The number of hydrogen-bond acceptors (Lipinski definition) is 4. The molecule has 1 aliphatic heterocycles. The largest absolute Gasteiger partial charge is 0.367 e. The number of hydrogen-bond donors (Lipinski definition) is 2. The van der Waals surface area contributed by atoms with E-state index >= 15 is 0 Å². The van der Waals surface area contributed by atoms with Gasteiger partial charge in [-0.25, -0.2) is 4.39 Å². The van der Waals surface area contributed by atoms with Crippen LogP contribution in [-0.4, -0.2) is 56.0 Å². The van der Waals surface area contributed by atoms with Crippen molar-refractivity contribution in [1.82, 2.24) is 15.5 Å². The highest BCUT2D eigenvalue weighted by atomic mass is 19.1. The lowest BCUT2D eigenvalue weighted by Crippen LogP contribution is -2.47. The fourth-order valence-electron chi connectivity index (χ4n) is 3.47. The Morgan fingerprint density at radius 3 is 2.30 bits per heavy atom. The van der Waals surface area contributed by atoms with Gasteiger partial charge in [0.2, 0.25) is 0 Å². The molecule has 2 aromatic rings. The summed E-state index contributed by atoms with van der Waals surface area (Å²) < 4.78 is 13.9. The fraction of sp³-hybridized carbons (Fsp3) is 0.391. The van der Waals surface area contributed by atoms with Crippen LogP contribution in [0, 0.1) is 12.7 Å². The predicted octanol–water partition coefficient (Wildman–Crippen LogP) is 2.08. The first-order valence-corrected chi connectivity index (χ1v) is 10.4. The highest BCUT2D eigenvalue weighted by molar-refractivity contribution is 6.35. The SMILES string of the molecule is Cc1ccc(CNC(=O)C(=O)NCCCN2CCN(c3ccccc3F)CC2)cc1.